The van der Waals surface area contributed by atoms with Crippen LogP contribution in [0.1, 0.15) is 0 Å². The first-order chi connectivity index (χ1) is 8.61. The Morgan fingerprint density at radius 1 is 1.56 bits per heavy atom. The number of anilines is 1. The van der Waals surface area contributed by atoms with Crippen LogP contribution >= 0.6 is 11.6 Å². The molecule has 1 aromatic rings. The van der Waals surface area contributed by atoms with Crippen molar-refractivity contribution in [2.45, 2.75) is 6.04 Å². The topological polar surface area (TPSA) is 73.6 Å². The molecule has 18 heavy (non-hydrogen) atoms. The number of hydrogen-bond donors (Lipinski definition) is 2. The normalized spacial score (nSPS) is 22.8. The van der Waals surface area contributed by atoms with Gasteiger partial charge in [0.15, 0.2) is 0 Å². The molecule has 2 rings (SSSR count). The Bertz CT molecular complexity index is 453. The molecular weight excluding hydrogens is 256 g/mol. The first-order valence-electron chi connectivity index (χ1n) is 5.59. The fourth-order valence-electron chi connectivity index (χ4n) is 1.82. The zero-order valence-corrected chi connectivity index (χ0v) is 10.7. The van der Waals surface area contributed by atoms with E-state index in [9.17, 15) is 4.79 Å². The zero-order valence-electron chi connectivity index (χ0n) is 9.98. The quantitative estimate of drug-likeness (QED) is 0.867. The Kier molecular flexibility index (Phi) is 4.06. The van der Waals surface area contributed by atoms with Crippen molar-refractivity contribution >= 4 is 23.2 Å². The third kappa shape index (κ3) is 2.75. The molecule has 1 aliphatic rings. The summed E-state index contributed by atoms with van der Waals surface area (Å²) < 4.78 is 10.2. The highest BCUT2D eigenvalue weighted by atomic mass is 35.5. The Morgan fingerprint density at radius 2 is 2.33 bits per heavy atom. The average Bonchev–Trinajstić information content (AvgIpc) is 2.76. The van der Waals surface area contributed by atoms with Crippen molar-refractivity contribution in [3.8, 4) is 5.75 Å². The molecule has 0 radical (unpaired) electrons. The summed E-state index contributed by atoms with van der Waals surface area (Å²) in [5, 5.41) is 3.21. The van der Waals surface area contributed by atoms with Gasteiger partial charge in [-0.15, -0.1) is 0 Å². The van der Waals surface area contributed by atoms with E-state index in [4.69, 9.17) is 26.8 Å². The Morgan fingerprint density at radius 3 is 2.89 bits per heavy atom. The van der Waals surface area contributed by atoms with Crippen LogP contribution in [-0.2, 0) is 9.53 Å². The average molecular weight is 271 g/mol. The third-order valence-electron chi connectivity index (χ3n) is 2.88. The summed E-state index contributed by atoms with van der Waals surface area (Å²) in [6.45, 7) is 0.776. The second-order valence-corrected chi connectivity index (χ2v) is 4.55. The first kappa shape index (κ1) is 13.1. The monoisotopic (exact) mass is 270 g/mol. The predicted octanol–water partition coefficient (Wildman–Crippen LogP) is 1.26. The number of halogens is 1. The van der Waals surface area contributed by atoms with E-state index in [1.807, 2.05) is 0 Å². The Balaban J connectivity index is 2.05. The van der Waals surface area contributed by atoms with E-state index in [-0.39, 0.29) is 17.9 Å². The van der Waals surface area contributed by atoms with Crippen LogP contribution in [0, 0.1) is 5.92 Å². The van der Waals surface area contributed by atoms with Gasteiger partial charge in [0.2, 0.25) is 5.91 Å². The Labute approximate surface area is 110 Å². The number of benzene rings is 1. The number of amides is 1. The number of rotatable bonds is 3. The van der Waals surface area contributed by atoms with Crippen LogP contribution in [0.25, 0.3) is 0 Å². The van der Waals surface area contributed by atoms with E-state index < -0.39 is 0 Å². The van der Waals surface area contributed by atoms with Gasteiger partial charge in [-0.1, -0.05) is 11.6 Å². The lowest BCUT2D eigenvalue weighted by Gasteiger charge is -2.14. The van der Waals surface area contributed by atoms with E-state index in [0.717, 1.165) is 0 Å². The number of methoxy groups -OCH3 is 1. The SMILES string of the molecule is COc1ccc(NC(=O)C2COCC2N)cc1Cl. The summed E-state index contributed by atoms with van der Waals surface area (Å²) in [4.78, 5) is 11.9. The highest BCUT2D eigenvalue weighted by Gasteiger charge is 2.31. The highest BCUT2D eigenvalue weighted by Crippen LogP contribution is 2.27. The van der Waals surface area contributed by atoms with Crippen LogP contribution in [0.2, 0.25) is 5.02 Å². The van der Waals surface area contributed by atoms with Gasteiger partial charge in [-0.2, -0.15) is 0 Å². The number of carbonyl (C=O) groups excluding carboxylic acids is 1. The van der Waals surface area contributed by atoms with Gasteiger partial charge in [-0.3, -0.25) is 4.79 Å². The van der Waals surface area contributed by atoms with Crippen LogP contribution in [0.3, 0.4) is 0 Å². The van der Waals surface area contributed by atoms with E-state index in [1.165, 1.54) is 7.11 Å². The third-order valence-corrected chi connectivity index (χ3v) is 3.18. The summed E-state index contributed by atoms with van der Waals surface area (Å²) >= 11 is 5.98. The number of ether oxygens (including phenoxy) is 2. The lowest BCUT2D eigenvalue weighted by Crippen LogP contribution is -2.37. The van der Waals surface area contributed by atoms with Crippen molar-refractivity contribution < 1.29 is 14.3 Å². The maximum Gasteiger partial charge on any atom is 0.231 e. The molecule has 1 aromatic carbocycles. The van der Waals surface area contributed by atoms with Crippen molar-refractivity contribution in [2.24, 2.45) is 11.7 Å². The number of carbonyl (C=O) groups is 1. The Hall–Kier alpha value is -1.30. The molecule has 98 valence electrons. The van der Waals surface area contributed by atoms with Crippen molar-refractivity contribution in [2.75, 3.05) is 25.6 Å². The fourth-order valence-corrected chi connectivity index (χ4v) is 2.08. The summed E-state index contributed by atoms with van der Waals surface area (Å²) in [5.41, 5.74) is 6.39. The molecule has 0 spiro atoms. The lowest BCUT2D eigenvalue weighted by atomic mass is 10.0. The van der Waals surface area contributed by atoms with Crippen molar-refractivity contribution in [1.82, 2.24) is 0 Å². The standard InChI is InChI=1S/C12H15ClN2O3/c1-17-11-3-2-7(4-9(11)13)15-12(16)8-5-18-6-10(8)14/h2-4,8,10H,5-6,14H2,1H3,(H,15,16). The van der Waals surface area contributed by atoms with E-state index >= 15 is 0 Å². The molecule has 2 unspecified atom stereocenters. The van der Waals surface area contributed by atoms with Crippen molar-refractivity contribution in [1.29, 1.82) is 0 Å². The summed E-state index contributed by atoms with van der Waals surface area (Å²) in [5.74, 6) is 0.0997. The summed E-state index contributed by atoms with van der Waals surface area (Å²) in [6, 6.07) is 4.81. The van der Waals surface area contributed by atoms with E-state index in [1.54, 1.807) is 18.2 Å². The molecular formula is C12H15ClN2O3. The van der Waals surface area contributed by atoms with Gasteiger partial charge in [0, 0.05) is 11.7 Å². The fraction of sp³-hybridized carbons (Fsp3) is 0.417. The van der Waals surface area contributed by atoms with E-state index in [2.05, 4.69) is 5.32 Å². The summed E-state index contributed by atoms with van der Waals surface area (Å²) in [6.07, 6.45) is 0. The largest absolute Gasteiger partial charge is 0.495 e. The number of hydrogen-bond acceptors (Lipinski definition) is 4. The molecule has 1 heterocycles. The van der Waals surface area contributed by atoms with Gasteiger partial charge in [0.25, 0.3) is 0 Å². The lowest BCUT2D eigenvalue weighted by molar-refractivity contribution is -0.120. The number of nitrogens with one attached hydrogen (secondary N) is 1. The molecule has 3 N–H and O–H groups in total. The molecule has 6 heteroatoms. The van der Waals surface area contributed by atoms with Crippen LogP contribution < -0.4 is 15.8 Å². The molecule has 5 nitrogen and oxygen atoms in total. The molecule has 0 aromatic heterocycles. The molecule has 1 amide bonds. The second-order valence-electron chi connectivity index (χ2n) is 4.15. The van der Waals surface area contributed by atoms with Gasteiger partial charge >= 0.3 is 0 Å². The van der Waals surface area contributed by atoms with Gasteiger partial charge in [0.05, 0.1) is 31.3 Å². The van der Waals surface area contributed by atoms with Crippen molar-refractivity contribution in [3.63, 3.8) is 0 Å². The van der Waals surface area contributed by atoms with Crippen LogP contribution in [0.15, 0.2) is 18.2 Å². The van der Waals surface area contributed by atoms with Crippen LogP contribution in [0.5, 0.6) is 5.75 Å². The maximum absolute atomic E-state index is 11.9. The highest BCUT2D eigenvalue weighted by molar-refractivity contribution is 6.32. The minimum Gasteiger partial charge on any atom is -0.495 e. The molecule has 0 aliphatic carbocycles. The smallest absolute Gasteiger partial charge is 0.231 e. The molecule has 0 bridgehead atoms. The second kappa shape index (κ2) is 5.56. The van der Waals surface area contributed by atoms with E-state index in [0.29, 0.717) is 29.7 Å². The minimum absolute atomic E-state index is 0.152. The molecule has 1 aliphatic heterocycles. The molecule has 0 saturated carbocycles. The van der Waals surface area contributed by atoms with Crippen LogP contribution in [0.4, 0.5) is 5.69 Å². The van der Waals surface area contributed by atoms with Gasteiger partial charge in [-0.05, 0) is 18.2 Å². The molecule has 2 atom stereocenters. The first-order valence-corrected chi connectivity index (χ1v) is 5.97. The van der Waals surface area contributed by atoms with Crippen LogP contribution in [-0.4, -0.2) is 32.3 Å². The van der Waals surface area contributed by atoms with Crippen molar-refractivity contribution in [3.05, 3.63) is 23.2 Å². The molecule has 1 saturated heterocycles. The maximum atomic E-state index is 11.9. The van der Waals surface area contributed by atoms with Gasteiger partial charge in [-0.25, -0.2) is 0 Å². The van der Waals surface area contributed by atoms with Gasteiger partial charge in [0.1, 0.15) is 5.75 Å². The van der Waals surface area contributed by atoms with Gasteiger partial charge < -0.3 is 20.5 Å². The predicted molar refractivity (Wildman–Crippen MR) is 68.9 cm³/mol. The number of nitrogens with two attached hydrogens (primary N) is 1. The minimum atomic E-state index is -0.314. The zero-order chi connectivity index (χ0) is 13.1. The molecule has 1 fully saturated rings. The summed E-state index contributed by atoms with van der Waals surface area (Å²) in [7, 11) is 1.54.